The van der Waals surface area contributed by atoms with Crippen LogP contribution >= 0.6 is 0 Å². The monoisotopic (exact) mass is 385 g/mol. The molecule has 28 heavy (non-hydrogen) atoms. The summed E-state index contributed by atoms with van der Waals surface area (Å²) in [6.07, 6.45) is 1.76. The number of anilines is 1. The molecule has 1 fully saturated rings. The number of amides is 1. The van der Waals surface area contributed by atoms with Gasteiger partial charge in [-0.15, -0.1) is 0 Å². The number of carbonyl (C=O) groups excluding carboxylic acids is 1. The molecule has 0 radical (unpaired) electrons. The van der Waals surface area contributed by atoms with E-state index in [0.29, 0.717) is 30.4 Å². The van der Waals surface area contributed by atoms with E-state index in [-0.39, 0.29) is 18.6 Å². The van der Waals surface area contributed by atoms with Crippen LogP contribution in [0.1, 0.15) is 30.4 Å². The molecule has 0 bridgehead atoms. The van der Waals surface area contributed by atoms with Crippen LogP contribution in [0.25, 0.3) is 0 Å². The molecular formula is C20H27N5O3. The largest absolute Gasteiger partial charge is 0.493 e. The van der Waals surface area contributed by atoms with Gasteiger partial charge in [-0.2, -0.15) is 0 Å². The van der Waals surface area contributed by atoms with Gasteiger partial charge < -0.3 is 25.0 Å². The van der Waals surface area contributed by atoms with Crippen molar-refractivity contribution in [3.63, 3.8) is 0 Å². The Balaban J connectivity index is 1.73. The maximum Gasteiger partial charge on any atom is 0.261 e. The third-order valence-electron chi connectivity index (χ3n) is 4.70. The van der Waals surface area contributed by atoms with Crippen LogP contribution < -0.4 is 20.1 Å². The van der Waals surface area contributed by atoms with Crippen LogP contribution in [0.5, 0.6) is 11.5 Å². The Morgan fingerprint density at radius 3 is 2.75 bits per heavy atom. The fraction of sp³-hybridized carbons (Fsp3) is 0.450. The van der Waals surface area contributed by atoms with Crippen molar-refractivity contribution in [2.45, 2.75) is 25.4 Å². The van der Waals surface area contributed by atoms with E-state index in [4.69, 9.17) is 9.47 Å². The highest BCUT2D eigenvalue weighted by Crippen LogP contribution is 2.31. The molecule has 1 aliphatic heterocycles. The van der Waals surface area contributed by atoms with E-state index in [1.807, 2.05) is 37.2 Å². The summed E-state index contributed by atoms with van der Waals surface area (Å²) >= 11 is 0. The first kappa shape index (κ1) is 19.9. The third kappa shape index (κ3) is 4.51. The van der Waals surface area contributed by atoms with Gasteiger partial charge in [0.25, 0.3) is 5.91 Å². The Bertz CT molecular complexity index is 814. The van der Waals surface area contributed by atoms with Crippen LogP contribution in [0.15, 0.2) is 30.3 Å². The summed E-state index contributed by atoms with van der Waals surface area (Å²) in [5, 5.41) is 6.18. The number of methoxy groups -OCH3 is 1. The number of likely N-dealkylation sites (tertiary alicyclic amines) is 1. The zero-order valence-corrected chi connectivity index (χ0v) is 16.6. The van der Waals surface area contributed by atoms with Crippen LogP contribution in [0.3, 0.4) is 0 Å². The van der Waals surface area contributed by atoms with Crippen LogP contribution in [-0.2, 0) is 11.3 Å². The summed E-state index contributed by atoms with van der Waals surface area (Å²) in [4.78, 5) is 23.9. The molecule has 0 unspecified atom stereocenters. The molecule has 1 aliphatic rings. The van der Waals surface area contributed by atoms with Crippen molar-refractivity contribution in [3.8, 4) is 11.5 Å². The van der Waals surface area contributed by atoms with Crippen LogP contribution in [-0.4, -0.2) is 55.1 Å². The van der Waals surface area contributed by atoms with Crippen molar-refractivity contribution in [1.29, 1.82) is 0 Å². The molecule has 2 N–H and O–H groups in total. The van der Waals surface area contributed by atoms with E-state index < -0.39 is 0 Å². The van der Waals surface area contributed by atoms with E-state index >= 15 is 0 Å². The standard InChI is InChI=1S/C20H27N5O3/c1-21-12-14-11-18(22-2)24-20(23-14)15-7-6-10-25(15)19(26)13-28-17-9-5-4-8-16(17)27-3/h4-5,8-9,11,15,21H,6-7,10,12-13H2,1-3H3,(H,22,23,24)/t15-/m1/s1. The molecule has 2 heterocycles. The number of carbonyl (C=O) groups is 1. The Morgan fingerprint density at radius 2 is 2.04 bits per heavy atom. The second kappa shape index (κ2) is 9.36. The van der Waals surface area contributed by atoms with Crippen molar-refractivity contribution < 1.29 is 14.3 Å². The summed E-state index contributed by atoms with van der Waals surface area (Å²) in [7, 11) is 5.28. The van der Waals surface area contributed by atoms with Gasteiger partial charge in [0.05, 0.1) is 18.8 Å². The van der Waals surface area contributed by atoms with Gasteiger partial charge in [0.2, 0.25) is 0 Å². The minimum atomic E-state index is -0.141. The number of hydrogen-bond donors (Lipinski definition) is 2. The molecule has 3 rings (SSSR count). The zero-order valence-electron chi connectivity index (χ0n) is 16.6. The summed E-state index contributed by atoms with van der Waals surface area (Å²) in [5.74, 6) is 2.50. The number of benzene rings is 1. The molecule has 1 aromatic carbocycles. The van der Waals surface area contributed by atoms with Crippen molar-refractivity contribution in [3.05, 3.63) is 41.9 Å². The van der Waals surface area contributed by atoms with Crippen LogP contribution in [0.4, 0.5) is 5.82 Å². The number of rotatable bonds is 8. The number of para-hydroxylation sites is 2. The van der Waals surface area contributed by atoms with Crippen molar-refractivity contribution in [2.24, 2.45) is 0 Å². The molecule has 0 saturated carbocycles. The lowest BCUT2D eigenvalue weighted by Crippen LogP contribution is -2.35. The van der Waals surface area contributed by atoms with E-state index in [2.05, 4.69) is 20.6 Å². The summed E-state index contributed by atoms with van der Waals surface area (Å²) in [6.45, 7) is 1.26. The number of nitrogens with zero attached hydrogens (tertiary/aromatic N) is 3. The fourth-order valence-corrected chi connectivity index (χ4v) is 3.36. The van der Waals surface area contributed by atoms with Gasteiger partial charge in [0.15, 0.2) is 23.9 Å². The smallest absolute Gasteiger partial charge is 0.261 e. The van der Waals surface area contributed by atoms with Crippen LogP contribution in [0, 0.1) is 0 Å². The van der Waals surface area contributed by atoms with Gasteiger partial charge in [-0.25, -0.2) is 9.97 Å². The molecule has 1 atom stereocenters. The maximum absolute atomic E-state index is 12.8. The number of nitrogens with one attached hydrogen (secondary N) is 2. The molecular weight excluding hydrogens is 358 g/mol. The average molecular weight is 385 g/mol. The van der Waals surface area contributed by atoms with E-state index in [9.17, 15) is 4.79 Å². The third-order valence-corrected chi connectivity index (χ3v) is 4.70. The summed E-state index contributed by atoms with van der Waals surface area (Å²) in [6, 6.07) is 9.07. The van der Waals surface area contributed by atoms with E-state index in [1.54, 1.807) is 19.2 Å². The van der Waals surface area contributed by atoms with E-state index in [1.165, 1.54) is 0 Å². The molecule has 1 amide bonds. The number of aromatic nitrogens is 2. The number of ether oxygens (including phenoxy) is 2. The van der Waals surface area contributed by atoms with Crippen molar-refractivity contribution in [1.82, 2.24) is 20.2 Å². The van der Waals surface area contributed by atoms with Crippen LogP contribution in [0.2, 0.25) is 0 Å². The molecule has 8 heteroatoms. The Morgan fingerprint density at radius 1 is 1.25 bits per heavy atom. The first-order valence-corrected chi connectivity index (χ1v) is 9.41. The summed E-state index contributed by atoms with van der Waals surface area (Å²) < 4.78 is 11.0. The fourth-order valence-electron chi connectivity index (χ4n) is 3.36. The maximum atomic E-state index is 12.8. The lowest BCUT2D eigenvalue weighted by Gasteiger charge is -2.24. The quantitative estimate of drug-likeness (QED) is 0.718. The number of hydrogen-bond acceptors (Lipinski definition) is 7. The highest BCUT2D eigenvalue weighted by Gasteiger charge is 2.32. The van der Waals surface area contributed by atoms with Gasteiger partial charge >= 0.3 is 0 Å². The highest BCUT2D eigenvalue weighted by molar-refractivity contribution is 5.78. The lowest BCUT2D eigenvalue weighted by molar-refractivity contribution is -0.134. The summed E-state index contributed by atoms with van der Waals surface area (Å²) in [5.41, 5.74) is 0.890. The Hall–Kier alpha value is -2.87. The van der Waals surface area contributed by atoms with Gasteiger partial charge in [-0.05, 0) is 32.0 Å². The normalized spacial score (nSPS) is 16.1. The Labute approximate surface area is 165 Å². The SMILES string of the molecule is CNCc1cc(NC)nc([C@H]2CCCN2C(=O)COc2ccccc2OC)n1. The zero-order chi connectivity index (χ0) is 19.9. The Kier molecular flexibility index (Phi) is 6.65. The predicted octanol–water partition coefficient (Wildman–Crippen LogP) is 1.99. The molecule has 1 aromatic heterocycles. The molecule has 0 spiro atoms. The first-order chi connectivity index (χ1) is 13.7. The molecule has 150 valence electrons. The minimum Gasteiger partial charge on any atom is -0.493 e. The van der Waals surface area contributed by atoms with Gasteiger partial charge in [-0.1, -0.05) is 12.1 Å². The van der Waals surface area contributed by atoms with Crippen molar-refractivity contribution >= 4 is 11.7 Å². The lowest BCUT2D eigenvalue weighted by atomic mass is 10.2. The first-order valence-electron chi connectivity index (χ1n) is 9.41. The molecule has 2 aromatic rings. The molecule has 8 nitrogen and oxygen atoms in total. The van der Waals surface area contributed by atoms with Gasteiger partial charge in [-0.3, -0.25) is 4.79 Å². The predicted molar refractivity (Wildman–Crippen MR) is 107 cm³/mol. The second-order valence-electron chi connectivity index (χ2n) is 6.57. The minimum absolute atomic E-state index is 0.0496. The van der Waals surface area contributed by atoms with E-state index in [0.717, 1.165) is 24.4 Å². The highest BCUT2D eigenvalue weighted by atomic mass is 16.5. The van der Waals surface area contributed by atoms with Gasteiger partial charge in [0.1, 0.15) is 5.82 Å². The van der Waals surface area contributed by atoms with Gasteiger partial charge in [0, 0.05) is 26.2 Å². The molecule has 1 saturated heterocycles. The molecule has 0 aliphatic carbocycles. The average Bonchev–Trinajstić information content (AvgIpc) is 3.22. The topological polar surface area (TPSA) is 88.6 Å². The second-order valence-corrected chi connectivity index (χ2v) is 6.57. The van der Waals surface area contributed by atoms with Crippen molar-refractivity contribution in [2.75, 3.05) is 39.7 Å².